The van der Waals surface area contributed by atoms with Crippen LogP contribution in [0, 0.1) is 5.92 Å². The van der Waals surface area contributed by atoms with Crippen LogP contribution in [0.25, 0.3) is 0 Å². The van der Waals surface area contributed by atoms with Gasteiger partial charge in [-0.05, 0) is 39.4 Å². The Balaban J connectivity index is 1.92. The summed E-state index contributed by atoms with van der Waals surface area (Å²) in [6, 6.07) is 0. The van der Waals surface area contributed by atoms with Crippen LogP contribution in [-0.4, -0.2) is 53.8 Å². The Hall–Kier alpha value is -1.14. The molecule has 6 heteroatoms. The molecule has 96 valence electrons. The van der Waals surface area contributed by atoms with Gasteiger partial charge in [0.05, 0.1) is 6.54 Å². The van der Waals surface area contributed by atoms with Gasteiger partial charge >= 0.3 is 0 Å². The highest BCUT2D eigenvalue weighted by Crippen LogP contribution is 2.19. The van der Waals surface area contributed by atoms with Gasteiger partial charge in [-0.3, -0.25) is 5.10 Å². The summed E-state index contributed by atoms with van der Waals surface area (Å²) in [6.07, 6.45) is 2.29. The molecule has 0 aromatic carbocycles. The zero-order valence-electron chi connectivity index (χ0n) is 10.7. The fourth-order valence-electron chi connectivity index (χ4n) is 2.17. The molecule has 3 N–H and O–H groups in total. The van der Waals surface area contributed by atoms with E-state index in [-0.39, 0.29) is 0 Å². The molecule has 0 saturated carbocycles. The van der Waals surface area contributed by atoms with Crippen LogP contribution in [0.2, 0.25) is 0 Å². The van der Waals surface area contributed by atoms with Gasteiger partial charge in [0.1, 0.15) is 5.82 Å². The molecule has 2 rings (SSSR count). The number of hydrogen-bond donors (Lipinski definition) is 2. The van der Waals surface area contributed by atoms with E-state index in [2.05, 4.69) is 25.0 Å². The first-order valence-electron chi connectivity index (χ1n) is 6.20. The lowest BCUT2D eigenvalue weighted by Crippen LogP contribution is -2.36. The summed E-state index contributed by atoms with van der Waals surface area (Å²) in [6.45, 7) is 3.63. The molecule has 1 saturated heterocycles. The molecule has 1 fully saturated rings. The second-order valence-electron chi connectivity index (χ2n) is 4.99. The Morgan fingerprint density at radius 3 is 2.71 bits per heavy atom. The van der Waals surface area contributed by atoms with Gasteiger partial charge in [-0.2, -0.15) is 4.98 Å². The van der Waals surface area contributed by atoms with Crippen molar-refractivity contribution in [2.45, 2.75) is 19.4 Å². The van der Waals surface area contributed by atoms with Gasteiger partial charge in [0.15, 0.2) is 0 Å². The number of nitrogens with zero attached hydrogens (tertiary/aromatic N) is 4. The van der Waals surface area contributed by atoms with E-state index in [9.17, 15) is 0 Å². The quantitative estimate of drug-likeness (QED) is 0.775. The third kappa shape index (κ3) is 3.17. The van der Waals surface area contributed by atoms with E-state index >= 15 is 0 Å². The fourth-order valence-corrected chi connectivity index (χ4v) is 2.17. The maximum Gasteiger partial charge on any atom is 0.244 e. The SMILES string of the molecule is CN(C)Cc1nc(N2CCC(CN)CC2)n[nH]1. The molecule has 0 radical (unpaired) electrons. The van der Waals surface area contributed by atoms with Gasteiger partial charge in [-0.25, -0.2) is 0 Å². The summed E-state index contributed by atoms with van der Waals surface area (Å²) in [7, 11) is 4.05. The Morgan fingerprint density at radius 1 is 1.41 bits per heavy atom. The van der Waals surface area contributed by atoms with Crippen molar-refractivity contribution in [3.05, 3.63) is 5.82 Å². The second kappa shape index (κ2) is 5.46. The van der Waals surface area contributed by atoms with Crippen molar-refractivity contribution in [3.8, 4) is 0 Å². The molecule has 1 aromatic rings. The van der Waals surface area contributed by atoms with E-state index in [1.807, 2.05) is 14.1 Å². The lowest BCUT2D eigenvalue weighted by molar-refractivity contribution is 0.390. The number of piperidine rings is 1. The summed E-state index contributed by atoms with van der Waals surface area (Å²) in [5.74, 6) is 2.43. The largest absolute Gasteiger partial charge is 0.340 e. The van der Waals surface area contributed by atoms with Gasteiger partial charge < -0.3 is 15.5 Å². The van der Waals surface area contributed by atoms with Crippen LogP contribution in [0.3, 0.4) is 0 Å². The van der Waals surface area contributed by atoms with E-state index < -0.39 is 0 Å². The third-order valence-corrected chi connectivity index (χ3v) is 3.22. The molecule has 6 nitrogen and oxygen atoms in total. The monoisotopic (exact) mass is 238 g/mol. The molecule has 0 atom stereocenters. The van der Waals surface area contributed by atoms with E-state index in [4.69, 9.17) is 5.73 Å². The van der Waals surface area contributed by atoms with Crippen LogP contribution >= 0.6 is 0 Å². The average molecular weight is 238 g/mol. The van der Waals surface area contributed by atoms with E-state index in [1.54, 1.807) is 0 Å². The van der Waals surface area contributed by atoms with Crippen molar-refractivity contribution < 1.29 is 0 Å². The van der Waals surface area contributed by atoms with Crippen LogP contribution < -0.4 is 10.6 Å². The first kappa shape index (κ1) is 12.3. The summed E-state index contributed by atoms with van der Waals surface area (Å²) in [4.78, 5) is 8.82. The molecule has 0 unspecified atom stereocenters. The average Bonchev–Trinajstić information content (AvgIpc) is 2.77. The number of H-pyrrole nitrogens is 1. The Kier molecular flexibility index (Phi) is 3.96. The van der Waals surface area contributed by atoms with Gasteiger partial charge in [0.2, 0.25) is 5.95 Å². The van der Waals surface area contributed by atoms with Gasteiger partial charge in [-0.15, -0.1) is 5.10 Å². The van der Waals surface area contributed by atoms with Crippen molar-refractivity contribution in [1.29, 1.82) is 0 Å². The van der Waals surface area contributed by atoms with Crippen LogP contribution in [0.1, 0.15) is 18.7 Å². The lowest BCUT2D eigenvalue weighted by atomic mass is 9.97. The maximum absolute atomic E-state index is 5.68. The zero-order valence-corrected chi connectivity index (χ0v) is 10.7. The topological polar surface area (TPSA) is 74.1 Å². The van der Waals surface area contributed by atoms with Crippen molar-refractivity contribution in [3.63, 3.8) is 0 Å². The van der Waals surface area contributed by atoms with Crippen molar-refractivity contribution >= 4 is 5.95 Å². The minimum Gasteiger partial charge on any atom is -0.340 e. The van der Waals surface area contributed by atoms with Gasteiger partial charge in [0.25, 0.3) is 0 Å². The Bertz CT molecular complexity index is 339. The molecule has 2 heterocycles. The second-order valence-corrected chi connectivity index (χ2v) is 4.99. The molecule has 0 amide bonds. The number of aromatic amines is 1. The molecule has 0 spiro atoms. The van der Waals surface area contributed by atoms with Crippen molar-refractivity contribution in [1.82, 2.24) is 20.1 Å². The lowest BCUT2D eigenvalue weighted by Gasteiger charge is -2.30. The van der Waals surface area contributed by atoms with E-state index in [1.165, 1.54) is 0 Å². The van der Waals surface area contributed by atoms with Crippen LogP contribution in [0.5, 0.6) is 0 Å². The number of nitrogens with two attached hydrogens (primary N) is 1. The molecule has 0 bridgehead atoms. The Labute approximate surface area is 102 Å². The summed E-state index contributed by atoms with van der Waals surface area (Å²) >= 11 is 0. The summed E-state index contributed by atoms with van der Waals surface area (Å²) in [5.41, 5.74) is 5.68. The Morgan fingerprint density at radius 2 is 2.12 bits per heavy atom. The number of nitrogens with one attached hydrogen (secondary N) is 1. The molecule has 1 aromatic heterocycles. The van der Waals surface area contributed by atoms with Crippen LogP contribution in [0.4, 0.5) is 5.95 Å². The molecule has 1 aliphatic heterocycles. The minimum absolute atomic E-state index is 0.673. The van der Waals surface area contributed by atoms with E-state index in [0.717, 1.165) is 50.8 Å². The highest BCUT2D eigenvalue weighted by molar-refractivity contribution is 5.29. The molecule has 1 aliphatic rings. The molecular formula is C11H22N6. The molecule has 17 heavy (non-hydrogen) atoms. The van der Waals surface area contributed by atoms with Crippen molar-refractivity contribution in [2.24, 2.45) is 11.7 Å². The number of rotatable bonds is 4. The van der Waals surface area contributed by atoms with Gasteiger partial charge in [0, 0.05) is 13.1 Å². The summed E-state index contributed by atoms with van der Waals surface area (Å²) < 4.78 is 0. The summed E-state index contributed by atoms with van der Waals surface area (Å²) in [5, 5.41) is 7.27. The first-order chi connectivity index (χ1) is 8.19. The number of aromatic nitrogens is 3. The smallest absolute Gasteiger partial charge is 0.244 e. The predicted octanol–water partition coefficient (Wildman–Crippen LogP) is 0.0414. The molecule has 0 aliphatic carbocycles. The van der Waals surface area contributed by atoms with Crippen LogP contribution in [-0.2, 0) is 6.54 Å². The zero-order chi connectivity index (χ0) is 12.3. The highest BCUT2D eigenvalue weighted by Gasteiger charge is 2.20. The standard InChI is InChI=1S/C11H22N6/c1-16(2)8-10-13-11(15-14-10)17-5-3-9(7-12)4-6-17/h9H,3-8,12H2,1-2H3,(H,13,14,15). The van der Waals surface area contributed by atoms with Crippen molar-refractivity contribution in [2.75, 3.05) is 38.6 Å². The third-order valence-electron chi connectivity index (χ3n) is 3.22. The fraction of sp³-hybridized carbons (Fsp3) is 0.818. The highest BCUT2D eigenvalue weighted by atomic mass is 15.4. The van der Waals surface area contributed by atoms with Crippen LogP contribution in [0.15, 0.2) is 0 Å². The first-order valence-corrected chi connectivity index (χ1v) is 6.20. The van der Waals surface area contributed by atoms with Gasteiger partial charge in [-0.1, -0.05) is 0 Å². The number of hydrogen-bond acceptors (Lipinski definition) is 5. The minimum atomic E-state index is 0.673. The number of anilines is 1. The normalized spacial score (nSPS) is 18.0. The predicted molar refractivity (Wildman–Crippen MR) is 67.8 cm³/mol. The van der Waals surface area contributed by atoms with E-state index in [0.29, 0.717) is 5.92 Å². The maximum atomic E-state index is 5.68. The molecular weight excluding hydrogens is 216 g/mol.